The van der Waals surface area contributed by atoms with Gasteiger partial charge in [0.05, 0.1) is 11.8 Å². The van der Waals surface area contributed by atoms with Crippen molar-refractivity contribution in [3.8, 4) is 0 Å². The summed E-state index contributed by atoms with van der Waals surface area (Å²) >= 11 is 0. The molecular weight excluding hydrogens is 260 g/mol. The van der Waals surface area contributed by atoms with Gasteiger partial charge in [0.25, 0.3) is 0 Å². The van der Waals surface area contributed by atoms with Crippen molar-refractivity contribution >= 4 is 5.69 Å². The summed E-state index contributed by atoms with van der Waals surface area (Å²) in [6, 6.07) is 11.3. The van der Waals surface area contributed by atoms with E-state index in [1.54, 1.807) is 0 Å². The minimum absolute atomic E-state index is 0.206. The molecule has 1 aromatic rings. The van der Waals surface area contributed by atoms with Crippen molar-refractivity contribution < 1.29 is 5.11 Å². The first-order valence-corrected chi connectivity index (χ1v) is 8.12. The molecule has 2 fully saturated rings. The van der Waals surface area contributed by atoms with Crippen LogP contribution in [0.4, 0.5) is 5.69 Å². The van der Waals surface area contributed by atoms with Crippen LogP contribution in [0.25, 0.3) is 0 Å². The maximum atomic E-state index is 10.7. The molecule has 2 heterocycles. The molecule has 2 aliphatic rings. The van der Waals surface area contributed by atoms with Gasteiger partial charge in [0, 0.05) is 30.2 Å². The molecule has 1 aromatic carbocycles. The molecule has 0 amide bonds. The second-order valence-electron chi connectivity index (χ2n) is 7.68. The van der Waals surface area contributed by atoms with Gasteiger partial charge >= 0.3 is 0 Å². The van der Waals surface area contributed by atoms with Gasteiger partial charge in [-0.1, -0.05) is 32.0 Å². The van der Waals surface area contributed by atoms with Gasteiger partial charge in [0.2, 0.25) is 0 Å². The fourth-order valence-electron chi connectivity index (χ4n) is 3.87. The lowest BCUT2D eigenvalue weighted by molar-refractivity contribution is -0.0753. The summed E-state index contributed by atoms with van der Waals surface area (Å²) in [5, 5.41) is 10.7. The summed E-state index contributed by atoms with van der Waals surface area (Å²) in [6.07, 6.45) is 2.82. The predicted octanol–water partition coefficient (Wildman–Crippen LogP) is 3.09. The zero-order chi connectivity index (χ0) is 15.3. The maximum absolute atomic E-state index is 10.7. The van der Waals surface area contributed by atoms with Gasteiger partial charge in [0.15, 0.2) is 0 Å². The molecule has 3 rings (SSSR count). The second-order valence-corrected chi connectivity index (χ2v) is 7.68. The highest BCUT2D eigenvalue weighted by Gasteiger charge is 2.53. The minimum Gasteiger partial charge on any atom is -0.390 e. The van der Waals surface area contributed by atoms with E-state index in [0.717, 1.165) is 13.1 Å². The summed E-state index contributed by atoms with van der Waals surface area (Å²) in [7, 11) is 0. The van der Waals surface area contributed by atoms with Crippen molar-refractivity contribution in [2.24, 2.45) is 5.41 Å². The molecule has 2 saturated heterocycles. The standard InChI is InChI=1S/C18H28N2O/c1-17(2,18(3,4)21)16-19-12-8-11-15(19)13-20(16)14-9-6-5-7-10-14/h5-7,9-10,15-16,21H,8,11-13H2,1-4H3/t15-,16+/m0/s1. The van der Waals surface area contributed by atoms with Crippen molar-refractivity contribution in [1.82, 2.24) is 4.90 Å². The van der Waals surface area contributed by atoms with Crippen molar-refractivity contribution in [3.05, 3.63) is 30.3 Å². The Hall–Kier alpha value is -1.06. The molecule has 0 aromatic heterocycles. The lowest BCUT2D eigenvalue weighted by atomic mass is 9.73. The van der Waals surface area contributed by atoms with E-state index in [0.29, 0.717) is 6.04 Å². The van der Waals surface area contributed by atoms with Crippen LogP contribution in [0.1, 0.15) is 40.5 Å². The van der Waals surface area contributed by atoms with Crippen LogP contribution in [0.3, 0.4) is 0 Å². The Morgan fingerprint density at radius 1 is 1.10 bits per heavy atom. The first-order chi connectivity index (χ1) is 9.82. The molecule has 21 heavy (non-hydrogen) atoms. The van der Waals surface area contributed by atoms with Crippen molar-refractivity contribution in [2.75, 3.05) is 18.0 Å². The SMILES string of the molecule is CC(C)(O)C(C)(C)[C@H]1N(c2ccccc2)C[C@@H]2CCCN21. The zero-order valence-electron chi connectivity index (χ0n) is 13.7. The fourth-order valence-corrected chi connectivity index (χ4v) is 3.87. The molecule has 2 atom stereocenters. The van der Waals surface area contributed by atoms with Gasteiger partial charge in [0.1, 0.15) is 0 Å². The van der Waals surface area contributed by atoms with Crippen LogP contribution in [0.2, 0.25) is 0 Å². The molecule has 0 unspecified atom stereocenters. The number of para-hydroxylation sites is 1. The van der Waals surface area contributed by atoms with E-state index in [4.69, 9.17) is 0 Å². The smallest absolute Gasteiger partial charge is 0.0903 e. The van der Waals surface area contributed by atoms with Gasteiger partial charge in [-0.2, -0.15) is 0 Å². The first-order valence-electron chi connectivity index (χ1n) is 8.12. The molecular formula is C18H28N2O. The van der Waals surface area contributed by atoms with E-state index in [1.807, 2.05) is 13.8 Å². The highest BCUT2D eigenvalue weighted by Crippen LogP contribution is 2.45. The normalized spacial score (nSPS) is 27.2. The molecule has 0 radical (unpaired) electrons. The Balaban J connectivity index is 2.00. The van der Waals surface area contributed by atoms with E-state index in [-0.39, 0.29) is 11.6 Å². The number of anilines is 1. The molecule has 0 saturated carbocycles. The number of nitrogens with zero attached hydrogens (tertiary/aromatic N) is 2. The van der Waals surface area contributed by atoms with Crippen molar-refractivity contribution in [1.29, 1.82) is 0 Å². The van der Waals surface area contributed by atoms with E-state index in [1.165, 1.54) is 18.5 Å². The monoisotopic (exact) mass is 288 g/mol. The lowest BCUT2D eigenvalue weighted by Gasteiger charge is -2.48. The third-order valence-corrected chi connectivity index (χ3v) is 5.75. The topological polar surface area (TPSA) is 26.7 Å². The van der Waals surface area contributed by atoms with Crippen LogP contribution < -0.4 is 4.90 Å². The highest BCUT2D eigenvalue weighted by molar-refractivity contribution is 5.49. The lowest BCUT2D eigenvalue weighted by Crippen LogP contribution is -2.58. The molecule has 3 nitrogen and oxygen atoms in total. The Labute approximate surface area is 128 Å². The summed E-state index contributed by atoms with van der Waals surface area (Å²) in [5.41, 5.74) is 0.346. The van der Waals surface area contributed by atoms with Gasteiger partial charge < -0.3 is 10.0 Å². The van der Waals surface area contributed by atoms with Gasteiger partial charge in [-0.25, -0.2) is 0 Å². The van der Waals surface area contributed by atoms with Crippen LogP contribution in [0, 0.1) is 5.41 Å². The van der Waals surface area contributed by atoms with Gasteiger partial charge in [-0.15, -0.1) is 0 Å². The number of hydrogen-bond acceptors (Lipinski definition) is 3. The third kappa shape index (κ3) is 2.36. The molecule has 2 aliphatic heterocycles. The van der Waals surface area contributed by atoms with Crippen LogP contribution >= 0.6 is 0 Å². The number of benzene rings is 1. The van der Waals surface area contributed by atoms with Crippen LogP contribution in [0.5, 0.6) is 0 Å². The van der Waals surface area contributed by atoms with E-state index < -0.39 is 5.60 Å². The zero-order valence-corrected chi connectivity index (χ0v) is 13.7. The Bertz CT molecular complexity index is 492. The maximum Gasteiger partial charge on any atom is 0.0903 e. The third-order valence-electron chi connectivity index (χ3n) is 5.75. The molecule has 0 spiro atoms. The highest BCUT2D eigenvalue weighted by atomic mass is 16.3. The summed E-state index contributed by atoms with van der Waals surface area (Å²) < 4.78 is 0. The summed E-state index contributed by atoms with van der Waals surface area (Å²) in [6.45, 7) is 10.5. The van der Waals surface area contributed by atoms with Crippen molar-refractivity contribution in [3.63, 3.8) is 0 Å². The number of rotatable bonds is 3. The number of aliphatic hydroxyl groups is 1. The largest absolute Gasteiger partial charge is 0.390 e. The molecule has 0 aliphatic carbocycles. The molecule has 3 heteroatoms. The Morgan fingerprint density at radius 2 is 1.76 bits per heavy atom. The fraction of sp³-hybridized carbons (Fsp3) is 0.667. The number of fused-ring (bicyclic) bond motifs is 1. The minimum atomic E-state index is -0.720. The van der Waals surface area contributed by atoms with Gasteiger partial charge in [-0.3, -0.25) is 4.90 Å². The average Bonchev–Trinajstić information content (AvgIpc) is 2.97. The Kier molecular flexibility index (Phi) is 3.53. The summed E-state index contributed by atoms with van der Waals surface area (Å²) in [4.78, 5) is 5.12. The molecule has 0 bridgehead atoms. The molecule has 116 valence electrons. The quantitative estimate of drug-likeness (QED) is 0.926. The first kappa shape index (κ1) is 14.9. The van der Waals surface area contributed by atoms with E-state index in [9.17, 15) is 5.11 Å². The number of hydrogen-bond donors (Lipinski definition) is 1. The summed E-state index contributed by atoms with van der Waals surface area (Å²) in [5.74, 6) is 0. The van der Waals surface area contributed by atoms with Crippen LogP contribution in [-0.4, -0.2) is 40.9 Å². The Morgan fingerprint density at radius 3 is 2.38 bits per heavy atom. The van der Waals surface area contributed by atoms with E-state index >= 15 is 0 Å². The van der Waals surface area contributed by atoms with E-state index in [2.05, 4.69) is 54.0 Å². The van der Waals surface area contributed by atoms with Crippen LogP contribution in [-0.2, 0) is 0 Å². The van der Waals surface area contributed by atoms with Gasteiger partial charge in [-0.05, 0) is 38.8 Å². The average molecular weight is 288 g/mol. The second kappa shape index (κ2) is 4.99. The van der Waals surface area contributed by atoms with Crippen LogP contribution in [0.15, 0.2) is 30.3 Å². The van der Waals surface area contributed by atoms with Crippen molar-refractivity contribution in [2.45, 2.75) is 58.3 Å². The molecule has 1 N–H and O–H groups in total. The predicted molar refractivity (Wildman–Crippen MR) is 87.4 cm³/mol.